The molecule has 0 spiro atoms. The number of aromatic nitrogens is 6. The van der Waals surface area contributed by atoms with E-state index in [1.165, 1.54) is 23.3 Å². The van der Waals surface area contributed by atoms with Crippen LogP contribution in [-0.4, -0.2) is 36.1 Å². The Bertz CT molecular complexity index is 720. The van der Waals surface area contributed by atoms with E-state index in [1.54, 1.807) is 6.20 Å². The van der Waals surface area contributed by atoms with Crippen LogP contribution in [0.15, 0.2) is 15.6 Å². The van der Waals surface area contributed by atoms with E-state index in [1.807, 2.05) is 6.92 Å². The highest BCUT2D eigenvalue weighted by Crippen LogP contribution is 2.32. The van der Waals surface area contributed by atoms with E-state index >= 15 is 0 Å². The minimum absolute atomic E-state index is 0.604. The summed E-state index contributed by atoms with van der Waals surface area (Å²) >= 11 is 2.85. The zero-order chi connectivity index (χ0) is 13.9. The molecule has 0 amide bonds. The first-order valence-electron chi connectivity index (χ1n) is 6.19. The van der Waals surface area contributed by atoms with Gasteiger partial charge in [-0.15, -0.1) is 0 Å². The highest BCUT2D eigenvalue weighted by molar-refractivity contribution is 8.01. The smallest absolute Gasteiger partial charge is 0.225 e. The van der Waals surface area contributed by atoms with Crippen LogP contribution >= 0.6 is 23.3 Å². The second-order valence-electron chi connectivity index (χ2n) is 4.12. The predicted octanol–water partition coefficient (Wildman–Crippen LogP) is 2.49. The molecule has 0 aliphatic heterocycles. The van der Waals surface area contributed by atoms with Crippen LogP contribution in [-0.2, 0) is 0 Å². The summed E-state index contributed by atoms with van der Waals surface area (Å²) in [7, 11) is 0. The molecule has 0 atom stereocenters. The zero-order valence-corrected chi connectivity index (χ0v) is 12.7. The summed E-state index contributed by atoms with van der Waals surface area (Å²) in [6.07, 6.45) is 2.75. The van der Waals surface area contributed by atoms with Crippen molar-refractivity contribution >= 4 is 40.3 Å². The molecule has 0 aromatic carbocycles. The fourth-order valence-electron chi connectivity index (χ4n) is 1.60. The highest BCUT2D eigenvalue weighted by Gasteiger charge is 2.13. The van der Waals surface area contributed by atoms with Gasteiger partial charge in [-0.3, -0.25) is 5.10 Å². The van der Waals surface area contributed by atoms with E-state index in [4.69, 9.17) is 0 Å². The molecular formula is C11H13N7S2. The summed E-state index contributed by atoms with van der Waals surface area (Å²) in [5.41, 5.74) is 0.724. The van der Waals surface area contributed by atoms with Gasteiger partial charge < -0.3 is 5.32 Å². The highest BCUT2D eigenvalue weighted by atomic mass is 32.2. The van der Waals surface area contributed by atoms with E-state index in [0.717, 1.165) is 39.2 Å². The monoisotopic (exact) mass is 307 g/mol. The summed E-state index contributed by atoms with van der Waals surface area (Å²) in [5, 5.41) is 11.8. The SMILES string of the molecule is CCCNc1nc(Sc2nc(C)ns2)c2cn[nH]c2n1. The number of nitrogens with zero attached hydrogens (tertiary/aromatic N) is 5. The van der Waals surface area contributed by atoms with Crippen molar-refractivity contribution in [3.05, 3.63) is 12.0 Å². The molecule has 104 valence electrons. The number of hydrogen-bond acceptors (Lipinski definition) is 8. The van der Waals surface area contributed by atoms with Gasteiger partial charge in [0.1, 0.15) is 10.9 Å². The fraction of sp³-hybridized carbons (Fsp3) is 0.364. The van der Waals surface area contributed by atoms with Gasteiger partial charge >= 0.3 is 0 Å². The van der Waals surface area contributed by atoms with Gasteiger partial charge in [0.2, 0.25) is 5.95 Å². The van der Waals surface area contributed by atoms with Gasteiger partial charge in [0, 0.05) is 6.54 Å². The quantitative estimate of drug-likeness (QED) is 0.699. The van der Waals surface area contributed by atoms with Crippen LogP contribution in [0.1, 0.15) is 19.2 Å². The van der Waals surface area contributed by atoms with Crippen molar-refractivity contribution in [1.82, 2.24) is 29.5 Å². The van der Waals surface area contributed by atoms with Crippen LogP contribution in [0.4, 0.5) is 5.95 Å². The first kappa shape index (κ1) is 13.3. The fourth-order valence-corrected chi connectivity index (χ4v) is 3.26. The van der Waals surface area contributed by atoms with Gasteiger partial charge in [-0.1, -0.05) is 6.92 Å². The van der Waals surface area contributed by atoms with E-state index in [0.29, 0.717) is 5.95 Å². The van der Waals surface area contributed by atoms with Crippen LogP contribution in [0, 0.1) is 6.92 Å². The summed E-state index contributed by atoms with van der Waals surface area (Å²) in [6, 6.07) is 0. The second-order valence-corrected chi connectivity index (χ2v) is 6.11. The molecule has 3 rings (SSSR count). The van der Waals surface area contributed by atoms with Crippen LogP contribution in [0.25, 0.3) is 11.0 Å². The second kappa shape index (κ2) is 5.71. The molecule has 0 fully saturated rings. The Balaban J connectivity index is 1.96. The van der Waals surface area contributed by atoms with Gasteiger partial charge in [-0.05, 0) is 36.6 Å². The van der Waals surface area contributed by atoms with E-state index in [2.05, 4.69) is 41.8 Å². The third kappa shape index (κ3) is 2.73. The lowest BCUT2D eigenvalue weighted by atomic mass is 10.4. The molecule has 0 unspecified atom stereocenters. The molecule has 3 aromatic heterocycles. The van der Waals surface area contributed by atoms with Crippen molar-refractivity contribution < 1.29 is 0 Å². The standard InChI is InChI=1S/C11H13N7S2/c1-3-4-12-10-15-8-7(5-13-17-8)9(16-10)19-11-14-6(2)18-20-11/h5H,3-4H2,1-2H3,(H2,12,13,15,16,17). The third-order valence-electron chi connectivity index (χ3n) is 2.50. The number of aromatic amines is 1. The molecule has 2 N–H and O–H groups in total. The van der Waals surface area contributed by atoms with Crippen molar-refractivity contribution in [2.24, 2.45) is 0 Å². The summed E-state index contributed by atoms with van der Waals surface area (Å²) < 4.78 is 5.05. The number of rotatable bonds is 5. The van der Waals surface area contributed by atoms with Crippen molar-refractivity contribution in [3.63, 3.8) is 0 Å². The molecule has 3 heterocycles. The van der Waals surface area contributed by atoms with Gasteiger partial charge in [0.05, 0.1) is 11.6 Å². The number of fused-ring (bicyclic) bond motifs is 1. The lowest BCUT2D eigenvalue weighted by Crippen LogP contribution is -2.05. The van der Waals surface area contributed by atoms with Gasteiger partial charge in [-0.25, -0.2) is 9.97 Å². The molecule has 0 saturated carbocycles. The summed E-state index contributed by atoms with van der Waals surface area (Å²) in [5.74, 6) is 1.38. The van der Waals surface area contributed by atoms with Crippen LogP contribution < -0.4 is 5.32 Å². The minimum atomic E-state index is 0.604. The third-order valence-corrected chi connectivity index (χ3v) is 4.35. The van der Waals surface area contributed by atoms with Crippen LogP contribution in [0.5, 0.6) is 0 Å². The van der Waals surface area contributed by atoms with Crippen molar-refractivity contribution in [2.45, 2.75) is 29.6 Å². The zero-order valence-electron chi connectivity index (χ0n) is 11.0. The predicted molar refractivity (Wildman–Crippen MR) is 79.2 cm³/mol. The van der Waals surface area contributed by atoms with Gasteiger partial charge in [0.25, 0.3) is 0 Å². The summed E-state index contributed by atoms with van der Waals surface area (Å²) in [4.78, 5) is 13.3. The average molecular weight is 307 g/mol. The van der Waals surface area contributed by atoms with Crippen molar-refractivity contribution in [1.29, 1.82) is 0 Å². The van der Waals surface area contributed by atoms with Gasteiger partial charge in [-0.2, -0.15) is 14.5 Å². The minimum Gasteiger partial charge on any atom is -0.354 e. The Labute approximate surface area is 123 Å². The number of anilines is 1. The first-order valence-corrected chi connectivity index (χ1v) is 7.78. The lowest BCUT2D eigenvalue weighted by molar-refractivity contribution is 0.943. The molecule has 3 aromatic rings. The van der Waals surface area contributed by atoms with E-state index in [9.17, 15) is 0 Å². The van der Waals surface area contributed by atoms with Gasteiger partial charge in [0.15, 0.2) is 9.99 Å². The Morgan fingerprint density at radius 3 is 3.00 bits per heavy atom. The Morgan fingerprint density at radius 1 is 1.35 bits per heavy atom. The summed E-state index contributed by atoms with van der Waals surface area (Å²) in [6.45, 7) is 4.81. The molecule has 0 bridgehead atoms. The van der Waals surface area contributed by atoms with Crippen molar-refractivity contribution in [3.8, 4) is 0 Å². The topological polar surface area (TPSA) is 92.3 Å². The average Bonchev–Trinajstić information content (AvgIpc) is 3.05. The molecule has 7 nitrogen and oxygen atoms in total. The molecule has 9 heteroatoms. The maximum Gasteiger partial charge on any atom is 0.225 e. The van der Waals surface area contributed by atoms with Crippen molar-refractivity contribution in [2.75, 3.05) is 11.9 Å². The maximum absolute atomic E-state index is 4.53. The largest absolute Gasteiger partial charge is 0.354 e. The lowest BCUT2D eigenvalue weighted by Gasteiger charge is -2.05. The number of H-pyrrole nitrogens is 1. The Kier molecular flexibility index (Phi) is 3.79. The molecule has 0 aliphatic carbocycles. The van der Waals surface area contributed by atoms with Crippen LogP contribution in [0.2, 0.25) is 0 Å². The van der Waals surface area contributed by atoms with E-state index in [-0.39, 0.29) is 0 Å². The molecular weight excluding hydrogens is 294 g/mol. The molecule has 0 saturated heterocycles. The Hall–Kier alpha value is -1.74. The Morgan fingerprint density at radius 2 is 2.25 bits per heavy atom. The number of nitrogens with one attached hydrogen (secondary N) is 2. The number of hydrogen-bond donors (Lipinski definition) is 2. The first-order chi connectivity index (χ1) is 9.76. The maximum atomic E-state index is 4.53. The molecule has 0 aliphatic rings. The number of aryl methyl sites for hydroxylation is 1. The normalized spacial score (nSPS) is 11.1. The molecule has 20 heavy (non-hydrogen) atoms. The molecule has 0 radical (unpaired) electrons. The van der Waals surface area contributed by atoms with Crippen LogP contribution in [0.3, 0.4) is 0 Å². The van der Waals surface area contributed by atoms with E-state index < -0.39 is 0 Å².